The number of rotatable bonds is 33. The third kappa shape index (κ3) is 31.8. The minimum absolute atomic E-state index is 0.0758. The van der Waals surface area contributed by atoms with E-state index in [1.54, 1.807) is 6.08 Å². The molecule has 0 aromatic rings. The number of unbranched alkanes of at least 4 members (excludes halogenated alkanes) is 20. The second-order valence-electron chi connectivity index (χ2n) is 12.6. The van der Waals surface area contributed by atoms with Gasteiger partial charge in [-0.3, -0.25) is 4.79 Å². The number of aliphatic hydroxyl groups is 2. The van der Waals surface area contributed by atoms with Gasteiger partial charge in [-0.2, -0.15) is 0 Å². The first-order valence-corrected chi connectivity index (χ1v) is 18.9. The van der Waals surface area contributed by atoms with Crippen molar-refractivity contribution in [2.45, 2.75) is 193 Å². The first kappa shape index (κ1) is 42.3. The van der Waals surface area contributed by atoms with Crippen molar-refractivity contribution in [2.24, 2.45) is 0 Å². The van der Waals surface area contributed by atoms with E-state index in [1.165, 1.54) is 122 Å². The van der Waals surface area contributed by atoms with Crippen LogP contribution in [0.25, 0.3) is 0 Å². The van der Waals surface area contributed by atoms with Crippen LogP contribution >= 0.6 is 0 Å². The van der Waals surface area contributed by atoms with Crippen LogP contribution in [0, 0.1) is 0 Å². The second kappa shape index (κ2) is 35.8. The Morgan fingerprint density at radius 1 is 0.545 bits per heavy atom. The number of nitrogens with one attached hydrogen (secondary N) is 1. The van der Waals surface area contributed by atoms with Crippen LogP contribution in [-0.4, -0.2) is 34.9 Å². The zero-order valence-electron chi connectivity index (χ0n) is 29.2. The number of carbonyl (C=O) groups is 1. The van der Waals surface area contributed by atoms with Gasteiger partial charge in [-0.25, -0.2) is 0 Å². The molecule has 0 aliphatic rings. The van der Waals surface area contributed by atoms with E-state index in [2.05, 4.69) is 55.6 Å². The van der Waals surface area contributed by atoms with E-state index in [0.29, 0.717) is 6.42 Å². The predicted molar refractivity (Wildman–Crippen MR) is 193 cm³/mol. The molecule has 0 aromatic carbocycles. The molecule has 2 unspecified atom stereocenters. The van der Waals surface area contributed by atoms with E-state index >= 15 is 0 Å². The van der Waals surface area contributed by atoms with Crippen LogP contribution in [-0.2, 0) is 4.79 Å². The lowest BCUT2D eigenvalue weighted by molar-refractivity contribution is -0.123. The number of aliphatic hydroxyl groups excluding tert-OH is 2. The minimum Gasteiger partial charge on any atom is -0.394 e. The van der Waals surface area contributed by atoms with Crippen LogP contribution in [0.15, 0.2) is 48.6 Å². The molecule has 0 aliphatic heterocycles. The minimum atomic E-state index is -0.835. The Kier molecular flexibility index (Phi) is 34.5. The van der Waals surface area contributed by atoms with Gasteiger partial charge in [0.15, 0.2) is 0 Å². The summed E-state index contributed by atoms with van der Waals surface area (Å²) in [7, 11) is 0. The van der Waals surface area contributed by atoms with E-state index in [4.69, 9.17) is 0 Å². The van der Waals surface area contributed by atoms with Crippen molar-refractivity contribution in [3.05, 3.63) is 48.6 Å². The molecule has 0 aliphatic carbocycles. The predicted octanol–water partition coefficient (Wildman–Crippen LogP) is 11.2. The monoisotopic (exact) mass is 616 g/mol. The first-order chi connectivity index (χ1) is 21.7. The van der Waals surface area contributed by atoms with Gasteiger partial charge in [0.1, 0.15) is 0 Å². The lowest BCUT2D eigenvalue weighted by Gasteiger charge is -2.20. The molecule has 0 spiro atoms. The lowest BCUT2D eigenvalue weighted by Crippen LogP contribution is -2.45. The van der Waals surface area contributed by atoms with Crippen LogP contribution in [0.3, 0.4) is 0 Å². The van der Waals surface area contributed by atoms with Crippen LogP contribution in [0.4, 0.5) is 0 Å². The van der Waals surface area contributed by atoms with E-state index in [-0.39, 0.29) is 12.5 Å². The SMILES string of the molecule is CCCCC/C=C/C(O)C(CO)NC(=O)CCCCCCCCCCCCCC/C=C\C/C=C\C/C=C\CCCCCCC. The Balaban J connectivity index is 3.47. The Hall–Kier alpha value is -1.65. The average Bonchev–Trinajstić information content (AvgIpc) is 3.03. The largest absolute Gasteiger partial charge is 0.394 e. The van der Waals surface area contributed by atoms with Crippen molar-refractivity contribution in [1.82, 2.24) is 5.32 Å². The lowest BCUT2D eigenvalue weighted by atomic mass is 10.0. The highest BCUT2D eigenvalue weighted by molar-refractivity contribution is 5.76. The van der Waals surface area contributed by atoms with E-state index in [0.717, 1.165) is 38.5 Å². The number of hydrogen-bond donors (Lipinski definition) is 3. The summed E-state index contributed by atoms with van der Waals surface area (Å²) in [6.45, 7) is 4.18. The zero-order valence-corrected chi connectivity index (χ0v) is 29.2. The van der Waals surface area contributed by atoms with Gasteiger partial charge in [-0.15, -0.1) is 0 Å². The summed E-state index contributed by atoms with van der Waals surface area (Å²) < 4.78 is 0. The number of carbonyl (C=O) groups excluding carboxylic acids is 1. The normalized spacial score (nSPS) is 13.6. The fourth-order valence-electron chi connectivity index (χ4n) is 5.36. The van der Waals surface area contributed by atoms with Gasteiger partial charge >= 0.3 is 0 Å². The summed E-state index contributed by atoms with van der Waals surface area (Å²) >= 11 is 0. The van der Waals surface area contributed by atoms with Gasteiger partial charge in [0, 0.05) is 6.42 Å². The van der Waals surface area contributed by atoms with Gasteiger partial charge in [0.2, 0.25) is 5.91 Å². The molecule has 256 valence electrons. The molecule has 0 bridgehead atoms. The maximum absolute atomic E-state index is 12.2. The van der Waals surface area contributed by atoms with Crippen molar-refractivity contribution in [3.8, 4) is 0 Å². The molecule has 0 rings (SSSR count). The maximum Gasteiger partial charge on any atom is 0.220 e. The van der Waals surface area contributed by atoms with Crippen molar-refractivity contribution in [1.29, 1.82) is 0 Å². The third-order valence-electron chi connectivity index (χ3n) is 8.31. The van der Waals surface area contributed by atoms with Gasteiger partial charge in [0.05, 0.1) is 18.8 Å². The van der Waals surface area contributed by atoms with E-state index in [1.807, 2.05) is 6.08 Å². The number of allylic oxidation sites excluding steroid dienone is 7. The Morgan fingerprint density at radius 3 is 1.43 bits per heavy atom. The summed E-state index contributed by atoms with van der Waals surface area (Å²) in [5.41, 5.74) is 0. The van der Waals surface area contributed by atoms with Crippen molar-refractivity contribution < 1.29 is 15.0 Å². The van der Waals surface area contributed by atoms with Crippen LogP contribution < -0.4 is 5.32 Å². The van der Waals surface area contributed by atoms with Gasteiger partial charge in [0.25, 0.3) is 0 Å². The molecule has 1 amide bonds. The molecule has 0 heterocycles. The molecule has 2 atom stereocenters. The van der Waals surface area contributed by atoms with E-state index in [9.17, 15) is 15.0 Å². The average molecular weight is 616 g/mol. The van der Waals surface area contributed by atoms with Gasteiger partial charge in [-0.05, 0) is 57.8 Å². The Morgan fingerprint density at radius 2 is 0.932 bits per heavy atom. The summed E-state index contributed by atoms with van der Waals surface area (Å²) in [6, 6.07) is -0.619. The summed E-state index contributed by atoms with van der Waals surface area (Å²) in [4.78, 5) is 12.2. The highest BCUT2D eigenvalue weighted by Gasteiger charge is 2.17. The van der Waals surface area contributed by atoms with Gasteiger partial charge in [-0.1, -0.05) is 165 Å². The molecule has 0 saturated carbocycles. The third-order valence-corrected chi connectivity index (χ3v) is 8.31. The van der Waals surface area contributed by atoms with Crippen molar-refractivity contribution in [3.63, 3.8) is 0 Å². The van der Waals surface area contributed by atoms with Crippen LogP contribution in [0.2, 0.25) is 0 Å². The highest BCUT2D eigenvalue weighted by atomic mass is 16.3. The molecular weight excluding hydrogens is 542 g/mol. The quantitative estimate of drug-likeness (QED) is 0.0508. The van der Waals surface area contributed by atoms with Crippen LogP contribution in [0.1, 0.15) is 181 Å². The molecule has 0 fully saturated rings. The van der Waals surface area contributed by atoms with Gasteiger partial charge < -0.3 is 15.5 Å². The summed E-state index contributed by atoms with van der Waals surface area (Å²) in [5.74, 6) is -0.0758. The second-order valence-corrected chi connectivity index (χ2v) is 12.6. The highest BCUT2D eigenvalue weighted by Crippen LogP contribution is 2.13. The first-order valence-electron chi connectivity index (χ1n) is 18.9. The Bertz CT molecular complexity index is 711. The molecule has 44 heavy (non-hydrogen) atoms. The zero-order chi connectivity index (χ0) is 32.2. The fraction of sp³-hybridized carbons (Fsp3) is 0.775. The topological polar surface area (TPSA) is 69.6 Å². The van der Waals surface area contributed by atoms with Crippen molar-refractivity contribution in [2.75, 3.05) is 6.61 Å². The van der Waals surface area contributed by atoms with E-state index < -0.39 is 12.1 Å². The Labute approximate surface area is 274 Å². The molecule has 0 aromatic heterocycles. The van der Waals surface area contributed by atoms with Crippen LogP contribution in [0.5, 0.6) is 0 Å². The molecule has 0 radical (unpaired) electrons. The number of hydrogen-bond acceptors (Lipinski definition) is 3. The number of amides is 1. The standard InChI is InChI=1S/C40H73NO3/c1-3-5-7-9-10-11-12-13-14-15-16-17-18-19-20-21-22-23-24-25-26-27-28-29-30-32-34-36-40(44)41-38(37-42)39(43)35-33-31-8-6-4-2/h12-13,15-16,18-19,33,35,38-39,42-43H,3-11,14,17,20-32,34,36-37H2,1-2H3,(H,41,44)/b13-12-,16-15-,19-18-,35-33+. The fourth-order valence-corrected chi connectivity index (χ4v) is 5.36. The smallest absolute Gasteiger partial charge is 0.220 e. The molecular formula is C40H73NO3. The molecule has 4 heteroatoms. The van der Waals surface area contributed by atoms with Crippen molar-refractivity contribution >= 4 is 5.91 Å². The summed E-state index contributed by atoms with van der Waals surface area (Å²) in [5, 5.41) is 22.6. The molecule has 4 nitrogen and oxygen atoms in total. The molecule has 3 N–H and O–H groups in total. The summed E-state index contributed by atoms with van der Waals surface area (Å²) in [6.07, 6.45) is 48.1. The maximum atomic E-state index is 12.2. The molecule has 0 saturated heterocycles.